The van der Waals surface area contributed by atoms with Gasteiger partial charge in [0.1, 0.15) is 18.2 Å². The van der Waals surface area contributed by atoms with E-state index < -0.39 is 0 Å². The van der Waals surface area contributed by atoms with E-state index >= 15 is 0 Å². The van der Waals surface area contributed by atoms with Crippen LogP contribution in [0.5, 0.6) is 11.5 Å². The standard InChI is InChI=1S/C21H19BrCl2N2O3/c1-4-28-19-8-14(7-15(11-25)21(27)26(2)3)17(22)10-20(19)29-12-13-5-6-16(23)9-18(13)24/h5-10H,4,12H2,1-3H3/b15-7-. The Bertz CT molecular complexity index is 985. The van der Waals surface area contributed by atoms with Crippen LogP contribution in [-0.4, -0.2) is 31.5 Å². The fraction of sp³-hybridized carbons (Fsp3) is 0.238. The van der Waals surface area contributed by atoms with Crippen molar-refractivity contribution in [1.29, 1.82) is 5.26 Å². The van der Waals surface area contributed by atoms with Gasteiger partial charge in [0, 0.05) is 34.2 Å². The molecule has 0 N–H and O–H groups in total. The Morgan fingerprint density at radius 2 is 1.90 bits per heavy atom. The molecule has 0 atom stereocenters. The predicted molar refractivity (Wildman–Crippen MR) is 118 cm³/mol. The molecule has 0 aliphatic rings. The van der Waals surface area contributed by atoms with Crippen molar-refractivity contribution in [2.24, 2.45) is 0 Å². The highest BCUT2D eigenvalue weighted by atomic mass is 79.9. The lowest BCUT2D eigenvalue weighted by Gasteiger charge is -2.15. The summed E-state index contributed by atoms with van der Waals surface area (Å²) in [5.74, 6) is 0.607. The van der Waals surface area contributed by atoms with Crippen molar-refractivity contribution in [1.82, 2.24) is 4.90 Å². The molecule has 1 amide bonds. The maximum absolute atomic E-state index is 12.1. The summed E-state index contributed by atoms with van der Waals surface area (Å²) in [5, 5.41) is 10.4. The summed E-state index contributed by atoms with van der Waals surface area (Å²) in [6, 6.07) is 10.6. The normalized spacial score (nSPS) is 11.0. The maximum atomic E-state index is 12.1. The van der Waals surface area contributed by atoms with Gasteiger partial charge in [-0.15, -0.1) is 0 Å². The second kappa shape index (κ2) is 10.5. The highest BCUT2D eigenvalue weighted by Gasteiger charge is 2.15. The lowest BCUT2D eigenvalue weighted by molar-refractivity contribution is -0.124. The smallest absolute Gasteiger partial charge is 0.264 e. The summed E-state index contributed by atoms with van der Waals surface area (Å²) >= 11 is 15.6. The maximum Gasteiger partial charge on any atom is 0.264 e. The van der Waals surface area contributed by atoms with Gasteiger partial charge in [0.2, 0.25) is 0 Å². The minimum atomic E-state index is -0.380. The number of ether oxygens (including phenoxy) is 2. The molecule has 152 valence electrons. The second-order valence-electron chi connectivity index (χ2n) is 6.15. The molecule has 0 radical (unpaired) electrons. The molecule has 2 aromatic carbocycles. The number of nitrogens with zero attached hydrogens (tertiary/aromatic N) is 2. The summed E-state index contributed by atoms with van der Waals surface area (Å²) in [7, 11) is 3.18. The van der Waals surface area contributed by atoms with Gasteiger partial charge in [-0.3, -0.25) is 4.79 Å². The number of rotatable bonds is 7. The molecule has 29 heavy (non-hydrogen) atoms. The quantitative estimate of drug-likeness (QED) is 0.362. The molecule has 0 fully saturated rings. The van der Waals surface area contributed by atoms with Gasteiger partial charge < -0.3 is 14.4 Å². The Morgan fingerprint density at radius 3 is 2.48 bits per heavy atom. The molecule has 0 saturated carbocycles. The first-order chi connectivity index (χ1) is 13.8. The Labute approximate surface area is 188 Å². The van der Waals surface area contributed by atoms with E-state index in [9.17, 15) is 10.1 Å². The summed E-state index contributed by atoms with van der Waals surface area (Å²) in [6.45, 7) is 2.50. The first-order valence-corrected chi connectivity index (χ1v) is 10.2. The number of nitriles is 1. The van der Waals surface area contributed by atoms with Crippen molar-refractivity contribution < 1.29 is 14.3 Å². The van der Waals surface area contributed by atoms with E-state index in [1.807, 2.05) is 13.0 Å². The van der Waals surface area contributed by atoms with Gasteiger partial charge in [0.25, 0.3) is 5.91 Å². The van der Waals surface area contributed by atoms with Crippen LogP contribution >= 0.6 is 39.1 Å². The van der Waals surface area contributed by atoms with E-state index in [0.717, 1.165) is 5.56 Å². The number of likely N-dealkylation sites (N-methyl/N-ethyl adjacent to an activating group) is 1. The number of carbonyl (C=O) groups excluding carboxylic acids is 1. The third kappa shape index (κ3) is 6.14. The van der Waals surface area contributed by atoms with E-state index in [-0.39, 0.29) is 18.1 Å². The van der Waals surface area contributed by atoms with Gasteiger partial charge in [0.15, 0.2) is 11.5 Å². The zero-order valence-electron chi connectivity index (χ0n) is 16.1. The number of amides is 1. The third-order valence-corrected chi connectivity index (χ3v) is 5.09. The molecule has 0 heterocycles. The van der Waals surface area contributed by atoms with Crippen LogP contribution in [0.1, 0.15) is 18.1 Å². The van der Waals surface area contributed by atoms with Crippen molar-refractivity contribution in [3.8, 4) is 17.6 Å². The largest absolute Gasteiger partial charge is 0.490 e. The van der Waals surface area contributed by atoms with Crippen molar-refractivity contribution in [2.75, 3.05) is 20.7 Å². The van der Waals surface area contributed by atoms with Gasteiger partial charge >= 0.3 is 0 Å². The molecule has 0 saturated heterocycles. The molecule has 5 nitrogen and oxygen atoms in total. The minimum Gasteiger partial charge on any atom is -0.490 e. The zero-order chi connectivity index (χ0) is 21.6. The third-order valence-electron chi connectivity index (χ3n) is 3.82. The summed E-state index contributed by atoms with van der Waals surface area (Å²) in [4.78, 5) is 13.5. The van der Waals surface area contributed by atoms with Crippen LogP contribution in [-0.2, 0) is 11.4 Å². The average molecular weight is 498 g/mol. The Hall–Kier alpha value is -2.20. The van der Waals surface area contributed by atoms with Crippen LogP contribution in [0, 0.1) is 11.3 Å². The van der Waals surface area contributed by atoms with Crippen molar-refractivity contribution in [3.63, 3.8) is 0 Å². The van der Waals surface area contributed by atoms with E-state index in [1.165, 1.54) is 11.0 Å². The molecule has 0 spiro atoms. The molecule has 0 unspecified atom stereocenters. The van der Waals surface area contributed by atoms with Crippen LogP contribution in [0.15, 0.2) is 40.4 Å². The van der Waals surface area contributed by atoms with Crippen LogP contribution in [0.25, 0.3) is 6.08 Å². The van der Waals surface area contributed by atoms with E-state index in [4.69, 9.17) is 32.7 Å². The fourth-order valence-corrected chi connectivity index (χ4v) is 3.27. The Morgan fingerprint density at radius 1 is 1.21 bits per heavy atom. The van der Waals surface area contributed by atoms with Crippen LogP contribution < -0.4 is 9.47 Å². The number of benzene rings is 2. The molecular weight excluding hydrogens is 479 g/mol. The van der Waals surface area contributed by atoms with Crippen LogP contribution in [0.3, 0.4) is 0 Å². The first-order valence-electron chi connectivity index (χ1n) is 8.63. The topological polar surface area (TPSA) is 62.6 Å². The molecule has 0 aromatic heterocycles. The number of halogens is 3. The molecule has 0 aliphatic heterocycles. The highest BCUT2D eigenvalue weighted by Crippen LogP contribution is 2.36. The van der Waals surface area contributed by atoms with Gasteiger partial charge in [-0.25, -0.2) is 0 Å². The highest BCUT2D eigenvalue weighted by molar-refractivity contribution is 9.10. The molecule has 2 aromatic rings. The van der Waals surface area contributed by atoms with Gasteiger partial charge in [-0.05, 0) is 42.8 Å². The first kappa shape index (κ1) is 23.1. The number of carbonyl (C=O) groups is 1. The summed E-state index contributed by atoms with van der Waals surface area (Å²) in [5.41, 5.74) is 1.42. The van der Waals surface area contributed by atoms with Gasteiger partial charge in [-0.2, -0.15) is 5.26 Å². The zero-order valence-corrected chi connectivity index (χ0v) is 19.2. The number of hydrogen-bond donors (Lipinski definition) is 0. The monoisotopic (exact) mass is 496 g/mol. The van der Waals surface area contributed by atoms with Gasteiger partial charge in [-0.1, -0.05) is 45.2 Å². The van der Waals surface area contributed by atoms with Crippen molar-refractivity contribution >= 4 is 51.1 Å². The van der Waals surface area contributed by atoms with Crippen LogP contribution in [0.4, 0.5) is 0 Å². The Kier molecular flexibility index (Phi) is 8.39. The molecule has 0 aliphatic carbocycles. The average Bonchev–Trinajstić information content (AvgIpc) is 2.67. The van der Waals surface area contributed by atoms with E-state index in [1.54, 1.807) is 44.4 Å². The molecule has 2 rings (SSSR count). The molecule has 0 bridgehead atoms. The molecular formula is C21H19BrCl2N2O3. The lowest BCUT2D eigenvalue weighted by atomic mass is 10.1. The molecule has 8 heteroatoms. The Balaban J connectivity index is 2.36. The number of hydrogen-bond acceptors (Lipinski definition) is 4. The van der Waals surface area contributed by atoms with Crippen LogP contribution in [0.2, 0.25) is 10.0 Å². The summed E-state index contributed by atoms with van der Waals surface area (Å²) < 4.78 is 12.2. The van der Waals surface area contributed by atoms with E-state index in [2.05, 4.69) is 15.9 Å². The minimum absolute atomic E-state index is 0.0137. The summed E-state index contributed by atoms with van der Waals surface area (Å²) in [6.07, 6.45) is 1.51. The fourth-order valence-electron chi connectivity index (χ4n) is 2.38. The van der Waals surface area contributed by atoms with E-state index in [0.29, 0.717) is 38.2 Å². The SMILES string of the molecule is CCOc1cc(/C=C(/C#N)C(=O)N(C)C)c(Br)cc1OCc1ccc(Cl)cc1Cl. The van der Waals surface area contributed by atoms with Gasteiger partial charge in [0.05, 0.1) is 6.61 Å². The van der Waals surface area contributed by atoms with Crippen molar-refractivity contribution in [2.45, 2.75) is 13.5 Å². The second-order valence-corrected chi connectivity index (χ2v) is 7.85. The predicted octanol–water partition coefficient (Wildman–Crippen LogP) is 5.73. The van der Waals surface area contributed by atoms with Crippen molar-refractivity contribution in [3.05, 3.63) is 61.5 Å². The lowest BCUT2D eigenvalue weighted by Crippen LogP contribution is -2.22.